The van der Waals surface area contributed by atoms with Gasteiger partial charge >= 0.3 is 0 Å². The molecule has 0 radical (unpaired) electrons. The van der Waals surface area contributed by atoms with Gasteiger partial charge in [-0.3, -0.25) is 9.69 Å². The Bertz CT molecular complexity index is 994. The predicted octanol–water partition coefficient (Wildman–Crippen LogP) is 2.03. The van der Waals surface area contributed by atoms with Gasteiger partial charge in [-0.15, -0.1) is 0 Å². The average molecular weight is 413 g/mol. The second-order valence-electron chi connectivity index (χ2n) is 7.00. The summed E-state index contributed by atoms with van der Waals surface area (Å²) in [6.45, 7) is 3.44. The maximum atomic E-state index is 12.7. The van der Waals surface area contributed by atoms with Gasteiger partial charge in [-0.25, -0.2) is 8.42 Å². The number of benzene rings is 2. The number of anilines is 1. The van der Waals surface area contributed by atoms with Gasteiger partial charge in [0, 0.05) is 26.2 Å². The van der Waals surface area contributed by atoms with Crippen LogP contribution >= 0.6 is 0 Å². The van der Waals surface area contributed by atoms with Crippen molar-refractivity contribution in [2.45, 2.75) is 18.7 Å². The highest BCUT2D eigenvalue weighted by atomic mass is 32.2. The molecule has 0 unspecified atom stereocenters. The van der Waals surface area contributed by atoms with Crippen LogP contribution in [-0.2, 0) is 20.6 Å². The number of piperazine rings is 1. The molecule has 3 rings (SSSR count). The number of nitriles is 1. The smallest absolute Gasteiger partial charge is 0.241 e. The third kappa shape index (κ3) is 5.21. The van der Waals surface area contributed by atoms with Crippen LogP contribution in [0.25, 0.3) is 0 Å². The third-order valence-electron chi connectivity index (χ3n) is 5.09. The van der Waals surface area contributed by atoms with Gasteiger partial charge in [0.15, 0.2) is 0 Å². The van der Waals surface area contributed by atoms with Crippen molar-refractivity contribution in [3.63, 3.8) is 0 Å². The Balaban J connectivity index is 1.57. The molecule has 1 N–H and O–H groups in total. The quantitative estimate of drug-likeness (QED) is 0.784. The number of sulfonamides is 1. The highest BCUT2D eigenvalue weighted by Gasteiger charge is 2.31. The largest absolute Gasteiger partial charge is 0.324 e. The Labute approximate surface area is 171 Å². The van der Waals surface area contributed by atoms with E-state index < -0.39 is 16.1 Å². The van der Waals surface area contributed by atoms with Crippen molar-refractivity contribution in [1.82, 2.24) is 9.21 Å². The van der Waals surface area contributed by atoms with Crippen LogP contribution in [0, 0.1) is 11.3 Å². The van der Waals surface area contributed by atoms with Gasteiger partial charge in [0.05, 0.1) is 23.0 Å². The number of carbonyl (C=O) groups is 1. The van der Waals surface area contributed by atoms with E-state index in [9.17, 15) is 13.2 Å². The fourth-order valence-electron chi connectivity index (χ4n) is 3.34. The summed E-state index contributed by atoms with van der Waals surface area (Å²) in [5.74, 6) is -0.234. The molecule has 2 aromatic rings. The third-order valence-corrected chi connectivity index (χ3v) is 6.94. The van der Waals surface area contributed by atoms with E-state index in [1.165, 1.54) is 4.31 Å². The zero-order valence-electron chi connectivity index (χ0n) is 16.3. The van der Waals surface area contributed by atoms with Crippen LogP contribution in [0.4, 0.5) is 5.69 Å². The van der Waals surface area contributed by atoms with Crippen LogP contribution in [-0.4, -0.2) is 55.8 Å². The molecule has 1 aliphatic rings. The lowest BCUT2D eigenvalue weighted by Crippen LogP contribution is -2.54. The van der Waals surface area contributed by atoms with E-state index in [1.807, 2.05) is 23.1 Å². The number of amides is 1. The predicted molar refractivity (Wildman–Crippen MR) is 111 cm³/mol. The first-order valence-corrected chi connectivity index (χ1v) is 11.1. The molecular weight excluding hydrogens is 388 g/mol. The second kappa shape index (κ2) is 9.18. The van der Waals surface area contributed by atoms with Crippen molar-refractivity contribution in [1.29, 1.82) is 5.26 Å². The normalized spacial score (nSPS) is 16.7. The van der Waals surface area contributed by atoms with E-state index in [1.54, 1.807) is 43.3 Å². The summed E-state index contributed by atoms with van der Waals surface area (Å²) < 4.78 is 26.8. The van der Waals surface area contributed by atoms with Gasteiger partial charge in [0.2, 0.25) is 15.9 Å². The van der Waals surface area contributed by atoms with Crippen molar-refractivity contribution >= 4 is 21.6 Å². The second-order valence-corrected chi connectivity index (χ2v) is 8.97. The Morgan fingerprint density at radius 3 is 2.34 bits per heavy atom. The van der Waals surface area contributed by atoms with Crippen LogP contribution in [0.3, 0.4) is 0 Å². The summed E-state index contributed by atoms with van der Waals surface area (Å²) >= 11 is 0. The minimum Gasteiger partial charge on any atom is -0.324 e. The lowest BCUT2D eigenvalue weighted by atomic mass is 10.1. The molecule has 1 saturated heterocycles. The van der Waals surface area contributed by atoms with Crippen molar-refractivity contribution < 1.29 is 13.2 Å². The van der Waals surface area contributed by atoms with Crippen molar-refractivity contribution in [2.24, 2.45) is 0 Å². The molecule has 1 amide bonds. The molecule has 0 aromatic heterocycles. The van der Waals surface area contributed by atoms with Gasteiger partial charge < -0.3 is 5.32 Å². The van der Waals surface area contributed by atoms with Crippen molar-refractivity contribution in [3.05, 3.63) is 65.7 Å². The number of carbonyl (C=O) groups excluding carboxylic acids is 1. The lowest BCUT2D eigenvalue weighted by Gasteiger charge is -2.36. The SMILES string of the molecule is C[C@H](C(=O)Nc1ccccc1C#N)N1CCN(S(=O)(=O)Cc2ccccc2)CC1. The van der Waals surface area contributed by atoms with Crippen LogP contribution in [0.15, 0.2) is 54.6 Å². The van der Waals surface area contributed by atoms with E-state index in [0.29, 0.717) is 37.4 Å². The van der Waals surface area contributed by atoms with E-state index in [2.05, 4.69) is 11.4 Å². The highest BCUT2D eigenvalue weighted by Crippen LogP contribution is 2.17. The van der Waals surface area contributed by atoms with Crippen molar-refractivity contribution in [2.75, 3.05) is 31.5 Å². The first-order valence-electron chi connectivity index (χ1n) is 9.46. The first kappa shape index (κ1) is 21.0. The van der Waals surface area contributed by atoms with Gasteiger partial charge in [0.1, 0.15) is 6.07 Å². The maximum absolute atomic E-state index is 12.7. The number of para-hydroxylation sites is 1. The summed E-state index contributed by atoms with van der Waals surface area (Å²) in [5.41, 5.74) is 1.65. The van der Waals surface area contributed by atoms with E-state index >= 15 is 0 Å². The van der Waals surface area contributed by atoms with E-state index in [-0.39, 0.29) is 11.7 Å². The standard InChI is InChI=1S/C21H24N4O3S/c1-17(21(26)23-20-10-6-5-9-19(20)15-22)24-11-13-25(14-12-24)29(27,28)16-18-7-3-2-4-8-18/h2-10,17H,11-14,16H2,1H3,(H,23,26)/t17-/m1/s1. The molecule has 0 bridgehead atoms. The van der Waals surface area contributed by atoms with Gasteiger partial charge in [-0.2, -0.15) is 9.57 Å². The monoisotopic (exact) mass is 412 g/mol. The Morgan fingerprint density at radius 1 is 1.07 bits per heavy atom. The average Bonchev–Trinajstić information content (AvgIpc) is 2.74. The summed E-state index contributed by atoms with van der Waals surface area (Å²) in [5, 5.41) is 12.0. The number of hydrogen-bond donors (Lipinski definition) is 1. The summed E-state index contributed by atoms with van der Waals surface area (Å²) in [7, 11) is -3.39. The molecule has 1 fully saturated rings. The van der Waals surface area contributed by atoms with E-state index in [4.69, 9.17) is 5.26 Å². The topological polar surface area (TPSA) is 93.5 Å². The Hall–Kier alpha value is -2.73. The summed E-state index contributed by atoms with van der Waals surface area (Å²) in [4.78, 5) is 14.6. The van der Waals surface area contributed by atoms with Gasteiger partial charge in [-0.05, 0) is 24.6 Å². The van der Waals surface area contributed by atoms with Crippen LogP contribution < -0.4 is 5.32 Å². The molecule has 152 valence electrons. The molecule has 7 nitrogen and oxygen atoms in total. The maximum Gasteiger partial charge on any atom is 0.241 e. The first-order chi connectivity index (χ1) is 13.9. The fourth-order valence-corrected chi connectivity index (χ4v) is 4.85. The molecule has 0 aliphatic carbocycles. The molecule has 1 heterocycles. The minimum absolute atomic E-state index is 0.0190. The molecule has 1 aliphatic heterocycles. The van der Waals surface area contributed by atoms with Crippen LogP contribution in [0.1, 0.15) is 18.1 Å². The minimum atomic E-state index is -3.39. The molecule has 2 aromatic carbocycles. The number of nitrogens with zero attached hydrogens (tertiary/aromatic N) is 3. The number of hydrogen-bond acceptors (Lipinski definition) is 5. The zero-order valence-corrected chi connectivity index (χ0v) is 17.1. The molecule has 0 saturated carbocycles. The van der Waals surface area contributed by atoms with E-state index in [0.717, 1.165) is 5.56 Å². The summed E-state index contributed by atoms with van der Waals surface area (Å²) in [6, 6.07) is 17.6. The Morgan fingerprint density at radius 2 is 1.69 bits per heavy atom. The number of nitrogens with one attached hydrogen (secondary N) is 1. The van der Waals surface area contributed by atoms with Crippen molar-refractivity contribution in [3.8, 4) is 6.07 Å². The zero-order chi connectivity index (χ0) is 20.9. The van der Waals surface area contributed by atoms with Gasteiger partial charge in [-0.1, -0.05) is 42.5 Å². The fraction of sp³-hybridized carbons (Fsp3) is 0.333. The molecule has 0 spiro atoms. The van der Waals surface area contributed by atoms with Crippen LogP contribution in [0.2, 0.25) is 0 Å². The molecule has 1 atom stereocenters. The number of rotatable bonds is 6. The molecule has 8 heteroatoms. The molecule has 29 heavy (non-hydrogen) atoms. The molecular formula is C21H24N4O3S. The highest BCUT2D eigenvalue weighted by molar-refractivity contribution is 7.88. The summed E-state index contributed by atoms with van der Waals surface area (Å²) in [6.07, 6.45) is 0. The van der Waals surface area contributed by atoms with Gasteiger partial charge in [0.25, 0.3) is 0 Å². The lowest BCUT2D eigenvalue weighted by molar-refractivity contribution is -0.121. The van der Waals surface area contributed by atoms with Crippen LogP contribution in [0.5, 0.6) is 0 Å². The Kier molecular flexibility index (Phi) is 6.64.